The van der Waals surface area contributed by atoms with Crippen LogP contribution in [0.1, 0.15) is 11.5 Å². The van der Waals surface area contributed by atoms with E-state index in [-0.39, 0.29) is 0 Å². The van der Waals surface area contributed by atoms with E-state index < -0.39 is 0 Å². The molecule has 1 aliphatic heterocycles. The molecule has 1 aromatic rings. The van der Waals surface area contributed by atoms with E-state index in [9.17, 15) is 0 Å². The minimum Gasteiger partial charge on any atom is -0.340 e. The number of hydrogen-bond acceptors (Lipinski definition) is 4. The van der Waals surface area contributed by atoms with Crippen molar-refractivity contribution in [3.8, 4) is 0 Å². The molecule has 0 unspecified atom stereocenters. The lowest BCUT2D eigenvalue weighted by Gasteiger charge is -2.18. The van der Waals surface area contributed by atoms with Gasteiger partial charge in [0.05, 0.1) is 6.54 Å². The highest BCUT2D eigenvalue weighted by molar-refractivity contribution is 5.08. The third-order valence-corrected chi connectivity index (χ3v) is 1.78. The van der Waals surface area contributed by atoms with Crippen LogP contribution in [0.5, 0.6) is 0 Å². The van der Waals surface area contributed by atoms with Gasteiger partial charge in [-0.25, -0.2) is 0 Å². The molecule has 0 spiro atoms. The highest BCUT2D eigenvalue weighted by atomic mass is 16.5. The lowest BCUT2D eigenvalue weighted by molar-refractivity contribution is 0.256. The molecule has 0 N–H and O–H groups in total. The summed E-state index contributed by atoms with van der Waals surface area (Å²) in [7, 11) is 2.06. The Kier molecular flexibility index (Phi) is 1.20. The summed E-state index contributed by atoms with van der Waals surface area (Å²) < 4.78 is 4.92. The highest BCUT2D eigenvalue weighted by Crippen LogP contribution is 2.13. The molecule has 0 radical (unpaired) electrons. The molecular formula is C6H9N3O. The summed E-state index contributed by atoms with van der Waals surface area (Å²) in [6.45, 7) is 1.91. The lowest BCUT2D eigenvalue weighted by Crippen LogP contribution is -2.25. The first-order valence-corrected chi connectivity index (χ1v) is 3.35. The number of fused-ring (bicyclic) bond motifs is 1. The van der Waals surface area contributed by atoms with Crippen molar-refractivity contribution in [1.29, 1.82) is 0 Å². The average molecular weight is 139 g/mol. The first-order chi connectivity index (χ1) is 4.86. The van der Waals surface area contributed by atoms with Crippen LogP contribution in [0, 0.1) is 0 Å². The number of hydrogen-bond donors (Lipinski definition) is 0. The van der Waals surface area contributed by atoms with Crippen molar-refractivity contribution in [2.45, 2.75) is 13.0 Å². The molecule has 54 valence electrons. The zero-order chi connectivity index (χ0) is 6.97. The molecule has 1 aromatic heterocycles. The summed E-state index contributed by atoms with van der Waals surface area (Å²) in [5, 5.41) is 7.33. The summed E-state index contributed by atoms with van der Waals surface area (Å²) in [5.41, 5.74) is 1.03. The molecule has 0 fully saturated rings. The zero-order valence-electron chi connectivity index (χ0n) is 5.87. The van der Waals surface area contributed by atoms with Gasteiger partial charge in [0.25, 0.3) is 0 Å². The first kappa shape index (κ1) is 5.85. The van der Waals surface area contributed by atoms with Gasteiger partial charge in [0.2, 0.25) is 0 Å². The highest BCUT2D eigenvalue weighted by Gasteiger charge is 2.17. The molecule has 0 saturated heterocycles. The Labute approximate surface area is 58.8 Å². The first-order valence-electron chi connectivity index (χ1n) is 3.35. The van der Waals surface area contributed by atoms with Gasteiger partial charge in [0.15, 0.2) is 5.76 Å². The van der Waals surface area contributed by atoms with Gasteiger partial charge < -0.3 is 4.52 Å². The van der Waals surface area contributed by atoms with Gasteiger partial charge in [-0.2, -0.15) is 0 Å². The molecule has 0 saturated carbocycles. The Morgan fingerprint density at radius 1 is 1.60 bits per heavy atom. The van der Waals surface area contributed by atoms with E-state index in [2.05, 4.69) is 22.3 Å². The molecule has 2 rings (SSSR count). The van der Waals surface area contributed by atoms with E-state index in [1.807, 2.05) is 0 Å². The Balaban J connectivity index is 2.30. The molecular weight excluding hydrogens is 130 g/mol. The molecule has 0 bridgehead atoms. The van der Waals surface area contributed by atoms with Crippen LogP contribution in [0.2, 0.25) is 0 Å². The third kappa shape index (κ3) is 0.806. The smallest absolute Gasteiger partial charge is 0.174 e. The molecule has 4 heteroatoms. The van der Waals surface area contributed by atoms with E-state index in [1.54, 1.807) is 0 Å². The van der Waals surface area contributed by atoms with Crippen LogP contribution < -0.4 is 0 Å². The molecule has 0 aromatic carbocycles. The Hall–Kier alpha value is -0.900. The molecule has 10 heavy (non-hydrogen) atoms. The largest absolute Gasteiger partial charge is 0.340 e. The fraction of sp³-hybridized carbons (Fsp3) is 0.667. The van der Waals surface area contributed by atoms with Crippen LogP contribution in [0.15, 0.2) is 4.52 Å². The lowest BCUT2D eigenvalue weighted by atomic mass is 10.2. The van der Waals surface area contributed by atoms with Gasteiger partial charge in [-0.05, 0) is 7.05 Å². The van der Waals surface area contributed by atoms with Crippen molar-refractivity contribution >= 4 is 0 Å². The Morgan fingerprint density at radius 3 is 3.40 bits per heavy atom. The fourth-order valence-electron chi connectivity index (χ4n) is 1.16. The van der Waals surface area contributed by atoms with E-state index in [0.717, 1.165) is 31.0 Å². The monoisotopic (exact) mass is 139 g/mol. The topological polar surface area (TPSA) is 42.2 Å². The molecule has 4 nitrogen and oxygen atoms in total. The maximum atomic E-state index is 4.92. The maximum absolute atomic E-state index is 4.92. The minimum absolute atomic E-state index is 0.850. The fourth-order valence-corrected chi connectivity index (χ4v) is 1.16. The quantitative estimate of drug-likeness (QED) is 0.509. The predicted molar refractivity (Wildman–Crippen MR) is 34.3 cm³/mol. The van der Waals surface area contributed by atoms with Crippen molar-refractivity contribution in [3.05, 3.63) is 11.5 Å². The molecule has 1 aliphatic rings. The van der Waals surface area contributed by atoms with Crippen LogP contribution >= 0.6 is 0 Å². The van der Waals surface area contributed by atoms with E-state index in [1.165, 1.54) is 0 Å². The normalized spacial score (nSPS) is 18.9. The van der Waals surface area contributed by atoms with Gasteiger partial charge in [-0.15, -0.1) is 5.10 Å². The maximum Gasteiger partial charge on any atom is 0.174 e. The SMILES string of the molecule is CN1CCc2nnoc2C1. The van der Waals surface area contributed by atoms with E-state index in [0.29, 0.717) is 0 Å². The second-order valence-corrected chi connectivity index (χ2v) is 2.63. The van der Waals surface area contributed by atoms with Crippen LogP contribution in [-0.4, -0.2) is 28.9 Å². The van der Waals surface area contributed by atoms with Crippen LogP contribution in [0.3, 0.4) is 0 Å². The molecule has 2 heterocycles. The van der Waals surface area contributed by atoms with Gasteiger partial charge in [-0.1, -0.05) is 0 Å². The van der Waals surface area contributed by atoms with Crippen LogP contribution in [-0.2, 0) is 13.0 Å². The summed E-state index contributed by atoms with van der Waals surface area (Å²) in [4.78, 5) is 2.19. The summed E-state index contributed by atoms with van der Waals surface area (Å²) in [6, 6.07) is 0. The van der Waals surface area contributed by atoms with Crippen molar-refractivity contribution in [2.75, 3.05) is 13.6 Å². The second-order valence-electron chi connectivity index (χ2n) is 2.63. The number of likely N-dealkylation sites (N-methyl/N-ethyl adjacent to an activating group) is 1. The minimum atomic E-state index is 0.850. The van der Waals surface area contributed by atoms with E-state index in [4.69, 9.17) is 4.52 Å². The predicted octanol–water partition coefficient (Wildman–Crippen LogP) is 0.0575. The van der Waals surface area contributed by atoms with Crippen molar-refractivity contribution in [2.24, 2.45) is 0 Å². The van der Waals surface area contributed by atoms with Gasteiger partial charge in [-0.3, -0.25) is 4.90 Å². The third-order valence-electron chi connectivity index (χ3n) is 1.78. The van der Waals surface area contributed by atoms with Gasteiger partial charge in [0, 0.05) is 18.2 Å². The number of aromatic nitrogens is 2. The second kappa shape index (κ2) is 2.05. The van der Waals surface area contributed by atoms with Gasteiger partial charge in [0.1, 0.15) is 5.69 Å². The Morgan fingerprint density at radius 2 is 2.50 bits per heavy atom. The number of rotatable bonds is 0. The van der Waals surface area contributed by atoms with Crippen LogP contribution in [0.4, 0.5) is 0 Å². The average Bonchev–Trinajstić information content (AvgIpc) is 2.33. The van der Waals surface area contributed by atoms with Gasteiger partial charge >= 0.3 is 0 Å². The van der Waals surface area contributed by atoms with Crippen LogP contribution in [0.25, 0.3) is 0 Å². The molecule has 0 aliphatic carbocycles. The summed E-state index contributed by atoms with van der Waals surface area (Å²) in [5.74, 6) is 0.925. The molecule has 0 atom stereocenters. The number of nitrogens with zero attached hydrogens (tertiary/aromatic N) is 3. The Bertz CT molecular complexity index is 233. The summed E-state index contributed by atoms with van der Waals surface area (Å²) >= 11 is 0. The van der Waals surface area contributed by atoms with Crippen molar-refractivity contribution < 1.29 is 4.52 Å². The zero-order valence-corrected chi connectivity index (χ0v) is 5.87. The van der Waals surface area contributed by atoms with Crippen molar-refractivity contribution in [3.63, 3.8) is 0 Å². The summed E-state index contributed by atoms with van der Waals surface area (Å²) in [6.07, 6.45) is 0.968. The standard InChI is InChI=1S/C6H9N3O/c1-9-3-2-5-6(4-9)10-8-7-5/h2-4H2,1H3. The molecule has 0 amide bonds. The van der Waals surface area contributed by atoms with E-state index >= 15 is 0 Å². The van der Waals surface area contributed by atoms with Crippen molar-refractivity contribution in [1.82, 2.24) is 15.3 Å².